The van der Waals surface area contributed by atoms with Crippen LogP contribution in [0, 0.1) is 0 Å². The molecule has 3 rings (SSSR count). The molecule has 0 unspecified atom stereocenters. The Morgan fingerprint density at radius 3 is 2.75 bits per heavy atom. The highest BCUT2D eigenvalue weighted by molar-refractivity contribution is 7.88. The topological polar surface area (TPSA) is 83.6 Å². The van der Waals surface area contributed by atoms with Crippen molar-refractivity contribution in [2.75, 3.05) is 13.1 Å². The number of hydrogen-bond acceptors (Lipinski definition) is 5. The Bertz CT molecular complexity index is 702. The molecule has 1 saturated heterocycles. The van der Waals surface area contributed by atoms with Crippen LogP contribution in [0.2, 0.25) is 0 Å². The normalized spacial score (nSPS) is 18.6. The standard InChI is InChI=1S/C13H16N2O4S/c16-10-5-7-15(8-6-10)20(17,18)9-12-11-3-1-2-4-13(11)19-14-12/h1-4,10,16H,5-9H2. The van der Waals surface area contributed by atoms with Crippen LogP contribution in [0.5, 0.6) is 0 Å². The molecular weight excluding hydrogens is 280 g/mol. The molecule has 2 heterocycles. The van der Waals surface area contributed by atoms with Crippen molar-refractivity contribution >= 4 is 21.0 Å². The number of aromatic nitrogens is 1. The van der Waals surface area contributed by atoms with E-state index in [1.54, 1.807) is 12.1 Å². The van der Waals surface area contributed by atoms with E-state index < -0.39 is 16.1 Å². The molecule has 1 N–H and O–H groups in total. The second-order valence-corrected chi connectivity index (χ2v) is 6.98. The lowest BCUT2D eigenvalue weighted by molar-refractivity contribution is 0.113. The molecule has 1 aromatic carbocycles. The molecule has 0 aliphatic carbocycles. The molecule has 0 saturated carbocycles. The molecule has 0 spiro atoms. The van der Waals surface area contributed by atoms with Gasteiger partial charge in [-0.3, -0.25) is 0 Å². The quantitative estimate of drug-likeness (QED) is 0.917. The summed E-state index contributed by atoms with van der Waals surface area (Å²) in [5.41, 5.74) is 1.03. The summed E-state index contributed by atoms with van der Waals surface area (Å²) in [4.78, 5) is 0. The molecular formula is C13H16N2O4S. The zero-order valence-corrected chi connectivity index (χ0v) is 11.7. The van der Waals surface area contributed by atoms with Gasteiger partial charge in [0.05, 0.1) is 6.10 Å². The SMILES string of the molecule is O=S(=O)(Cc1noc2ccccc12)N1CCC(O)CC1. The summed E-state index contributed by atoms with van der Waals surface area (Å²) in [5, 5.41) is 14.0. The summed E-state index contributed by atoms with van der Waals surface area (Å²) < 4.78 is 31.3. The Hall–Kier alpha value is -1.44. The van der Waals surface area contributed by atoms with Gasteiger partial charge in [0.2, 0.25) is 10.0 Å². The minimum atomic E-state index is -3.42. The van der Waals surface area contributed by atoms with Crippen LogP contribution in [0.25, 0.3) is 11.0 Å². The van der Waals surface area contributed by atoms with Gasteiger partial charge >= 0.3 is 0 Å². The fourth-order valence-electron chi connectivity index (χ4n) is 2.43. The van der Waals surface area contributed by atoms with E-state index in [0.717, 1.165) is 5.39 Å². The molecule has 1 aromatic heterocycles. The second-order valence-electron chi connectivity index (χ2n) is 5.01. The average Bonchev–Trinajstić information content (AvgIpc) is 2.82. The Morgan fingerprint density at radius 2 is 2.00 bits per heavy atom. The van der Waals surface area contributed by atoms with Gasteiger partial charge in [-0.15, -0.1) is 0 Å². The maximum absolute atomic E-state index is 12.4. The number of benzene rings is 1. The first kappa shape index (κ1) is 13.5. The first-order valence-electron chi connectivity index (χ1n) is 6.55. The van der Waals surface area contributed by atoms with Crippen LogP contribution >= 0.6 is 0 Å². The monoisotopic (exact) mass is 296 g/mol. The van der Waals surface area contributed by atoms with E-state index in [-0.39, 0.29) is 5.75 Å². The summed E-state index contributed by atoms with van der Waals surface area (Å²) in [5.74, 6) is -0.167. The van der Waals surface area contributed by atoms with Gasteiger partial charge in [0.25, 0.3) is 0 Å². The van der Waals surface area contributed by atoms with E-state index in [9.17, 15) is 13.5 Å². The van der Waals surface area contributed by atoms with Gasteiger partial charge in [0.1, 0.15) is 11.4 Å². The second kappa shape index (κ2) is 5.16. The van der Waals surface area contributed by atoms with Crippen LogP contribution in [-0.4, -0.2) is 42.2 Å². The van der Waals surface area contributed by atoms with Crippen molar-refractivity contribution in [3.8, 4) is 0 Å². The summed E-state index contributed by atoms with van der Waals surface area (Å²) in [6.45, 7) is 0.721. The molecule has 108 valence electrons. The van der Waals surface area contributed by atoms with E-state index in [4.69, 9.17) is 4.52 Å². The Balaban J connectivity index is 1.83. The molecule has 2 aromatic rings. The number of fused-ring (bicyclic) bond motifs is 1. The first-order valence-corrected chi connectivity index (χ1v) is 8.16. The number of rotatable bonds is 3. The van der Waals surface area contributed by atoms with Crippen LogP contribution < -0.4 is 0 Å². The lowest BCUT2D eigenvalue weighted by Crippen LogP contribution is -2.40. The van der Waals surface area contributed by atoms with Crippen LogP contribution in [-0.2, 0) is 15.8 Å². The first-order chi connectivity index (χ1) is 9.56. The Labute approximate surface area is 117 Å². The van der Waals surface area contributed by atoms with E-state index in [0.29, 0.717) is 37.2 Å². The van der Waals surface area contributed by atoms with Gasteiger partial charge in [-0.05, 0) is 25.0 Å². The number of para-hydroxylation sites is 1. The molecule has 7 heteroatoms. The largest absolute Gasteiger partial charge is 0.393 e. The van der Waals surface area contributed by atoms with Gasteiger partial charge in [0, 0.05) is 18.5 Å². The van der Waals surface area contributed by atoms with Gasteiger partial charge < -0.3 is 9.63 Å². The number of hydrogen-bond donors (Lipinski definition) is 1. The van der Waals surface area contributed by atoms with Crippen molar-refractivity contribution in [1.82, 2.24) is 9.46 Å². The smallest absolute Gasteiger partial charge is 0.220 e. The third-order valence-corrected chi connectivity index (χ3v) is 5.38. The van der Waals surface area contributed by atoms with Crippen molar-refractivity contribution in [2.24, 2.45) is 0 Å². The average molecular weight is 296 g/mol. The zero-order valence-electron chi connectivity index (χ0n) is 10.9. The van der Waals surface area contributed by atoms with Crippen molar-refractivity contribution in [3.05, 3.63) is 30.0 Å². The van der Waals surface area contributed by atoms with Crippen LogP contribution in [0.3, 0.4) is 0 Å². The van der Waals surface area contributed by atoms with E-state index in [2.05, 4.69) is 5.16 Å². The van der Waals surface area contributed by atoms with E-state index in [1.165, 1.54) is 4.31 Å². The molecule has 0 bridgehead atoms. The minimum Gasteiger partial charge on any atom is -0.393 e. The van der Waals surface area contributed by atoms with Gasteiger partial charge in [-0.2, -0.15) is 0 Å². The molecule has 1 aliphatic rings. The summed E-state index contributed by atoms with van der Waals surface area (Å²) in [7, 11) is -3.42. The number of piperidine rings is 1. The Kier molecular flexibility index (Phi) is 3.49. The van der Waals surface area contributed by atoms with Crippen molar-refractivity contribution in [3.63, 3.8) is 0 Å². The molecule has 0 amide bonds. The van der Waals surface area contributed by atoms with Crippen molar-refractivity contribution in [1.29, 1.82) is 0 Å². The highest BCUT2D eigenvalue weighted by Gasteiger charge is 2.28. The maximum atomic E-state index is 12.4. The number of aliphatic hydroxyl groups is 1. The molecule has 0 radical (unpaired) electrons. The van der Waals surface area contributed by atoms with Gasteiger partial charge in [0.15, 0.2) is 5.58 Å². The fourth-order valence-corrected chi connectivity index (χ4v) is 3.93. The summed E-state index contributed by atoms with van der Waals surface area (Å²) in [6.07, 6.45) is 0.576. The summed E-state index contributed by atoms with van der Waals surface area (Å²) >= 11 is 0. The van der Waals surface area contributed by atoms with Crippen molar-refractivity contribution < 1.29 is 18.0 Å². The molecule has 0 atom stereocenters. The van der Waals surface area contributed by atoms with Crippen molar-refractivity contribution in [2.45, 2.75) is 24.7 Å². The number of sulfonamides is 1. The molecule has 1 fully saturated rings. The highest BCUT2D eigenvalue weighted by atomic mass is 32.2. The molecule has 6 nitrogen and oxygen atoms in total. The highest BCUT2D eigenvalue weighted by Crippen LogP contribution is 2.22. The number of aliphatic hydroxyl groups excluding tert-OH is 1. The predicted molar refractivity (Wildman–Crippen MR) is 73.4 cm³/mol. The molecule has 20 heavy (non-hydrogen) atoms. The lowest BCUT2D eigenvalue weighted by atomic mass is 10.1. The zero-order chi connectivity index (χ0) is 14.2. The molecule has 1 aliphatic heterocycles. The van der Waals surface area contributed by atoms with Gasteiger partial charge in [-0.1, -0.05) is 17.3 Å². The lowest BCUT2D eigenvalue weighted by Gasteiger charge is -2.28. The van der Waals surface area contributed by atoms with Crippen LogP contribution in [0.4, 0.5) is 0 Å². The van der Waals surface area contributed by atoms with Gasteiger partial charge in [-0.25, -0.2) is 12.7 Å². The maximum Gasteiger partial charge on any atom is 0.220 e. The predicted octanol–water partition coefficient (Wildman–Crippen LogP) is 1.11. The Morgan fingerprint density at radius 1 is 1.30 bits per heavy atom. The third-order valence-electron chi connectivity index (χ3n) is 3.59. The van der Waals surface area contributed by atoms with E-state index in [1.807, 2.05) is 12.1 Å². The van der Waals surface area contributed by atoms with Crippen LogP contribution in [0.1, 0.15) is 18.5 Å². The minimum absolute atomic E-state index is 0.167. The summed E-state index contributed by atoms with van der Waals surface area (Å²) in [6, 6.07) is 7.21. The van der Waals surface area contributed by atoms with E-state index >= 15 is 0 Å². The van der Waals surface area contributed by atoms with Crippen LogP contribution in [0.15, 0.2) is 28.8 Å². The third kappa shape index (κ3) is 2.56. The fraction of sp³-hybridized carbons (Fsp3) is 0.462. The number of nitrogens with zero attached hydrogens (tertiary/aromatic N) is 2.